The Balaban J connectivity index is 1.55. The number of hydrogen-bond acceptors (Lipinski definition) is 4. The Labute approximate surface area is 99.7 Å². The van der Waals surface area contributed by atoms with Gasteiger partial charge in [-0.1, -0.05) is 0 Å². The lowest BCUT2D eigenvalue weighted by Gasteiger charge is -2.06. The van der Waals surface area contributed by atoms with Crippen molar-refractivity contribution in [3.05, 3.63) is 30.4 Å². The molecule has 1 N–H and O–H groups in total. The fraction of sp³-hybridized carbons (Fsp3) is 0.545. The van der Waals surface area contributed by atoms with Gasteiger partial charge in [0.15, 0.2) is 5.82 Å². The number of imidazole rings is 1. The van der Waals surface area contributed by atoms with Crippen molar-refractivity contribution >= 4 is 0 Å². The first-order chi connectivity index (χ1) is 8.33. The van der Waals surface area contributed by atoms with Gasteiger partial charge in [0.05, 0.1) is 18.6 Å². The molecule has 1 fully saturated rings. The number of hydrogen-bond donors (Lipinski definition) is 1. The van der Waals surface area contributed by atoms with Crippen molar-refractivity contribution in [2.75, 3.05) is 0 Å². The summed E-state index contributed by atoms with van der Waals surface area (Å²) in [5.74, 6) is 0.824. The van der Waals surface area contributed by atoms with Crippen LogP contribution in [0.5, 0.6) is 0 Å². The van der Waals surface area contributed by atoms with E-state index in [0.29, 0.717) is 12.6 Å². The summed E-state index contributed by atoms with van der Waals surface area (Å²) < 4.78 is 3.98. The first-order valence-corrected chi connectivity index (χ1v) is 5.89. The van der Waals surface area contributed by atoms with Gasteiger partial charge in [0.2, 0.25) is 0 Å². The lowest BCUT2D eigenvalue weighted by Crippen LogP contribution is -2.16. The summed E-state index contributed by atoms with van der Waals surface area (Å²) in [6, 6.07) is 0.683. The number of nitrogens with zero attached hydrogens (tertiary/aromatic N) is 5. The van der Waals surface area contributed by atoms with Crippen LogP contribution in [0.1, 0.15) is 30.4 Å². The molecule has 3 rings (SSSR count). The Morgan fingerprint density at radius 2 is 2.24 bits per heavy atom. The standard InChI is InChI=1S/C11H16N6/c1-16-8-14-11(15-16)6-12-4-10-5-13-7-17(10)9-2-3-9/h5,7-9,12H,2-4,6H2,1H3. The molecule has 1 aliphatic carbocycles. The molecule has 0 spiro atoms. The Morgan fingerprint density at radius 3 is 2.94 bits per heavy atom. The van der Waals surface area contributed by atoms with Crippen molar-refractivity contribution < 1.29 is 0 Å². The molecule has 90 valence electrons. The molecule has 6 heteroatoms. The predicted molar refractivity (Wildman–Crippen MR) is 62.0 cm³/mol. The van der Waals surface area contributed by atoms with Crippen molar-refractivity contribution in [1.29, 1.82) is 0 Å². The Bertz CT molecular complexity index is 496. The van der Waals surface area contributed by atoms with Crippen molar-refractivity contribution in [3.63, 3.8) is 0 Å². The van der Waals surface area contributed by atoms with Gasteiger partial charge in [-0.05, 0) is 12.8 Å². The van der Waals surface area contributed by atoms with Crippen LogP contribution in [-0.4, -0.2) is 24.3 Å². The highest BCUT2D eigenvalue weighted by Gasteiger charge is 2.24. The Morgan fingerprint density at radius 1 is 1.35 bits per heavy atom. The highest BCUT2D eigenvalue weighted by molar-refractivity contribution is 5.03. The highest BCUT2D eigenvalue weighted by atomic mass is 15.3. The summed E-state index contributed by atoms with van der Waals surface area (Å²) in [5, 5.41) is 7.56. The molecule has 0 bridgehead atoms. The largest absolute Gasteiger partial charge is 0.330 e. The quantitative estimate of drug-likeness (QED) is 0.821. The number of aryl methyl sites for hydroxylation is 1. The third-order valence-electron chi connectivity index (χ3n) is 2.92. The fourth-order valence-corrected chi connectivity index (χ4v) is 1.92. The third kappa shape index (κ3) is 2.36. The van der Waals surface area contributed by atoms with E-state index in [2.05, 4.69) is 25.0 Å². The average Bonchev–Trinajstić information content (AvgIpc) is 2.92. The first kappa shape index (κ1) is 10.5. The molecule has 2 aromatic heterocycles. The van der Waals surface area contributed by atoms with E-state index in [1.165, 1.54) is 18.5 Å². The molecular weight excluding hydrogens is 216 g/mol. The van der Waals surface area contributed by atoms with Gasteiger partial charge in [-0.2, -0.15) is 5.10 Å². The molecule has 0 unspecified atom stereocenters. The lowest BCUT2D eigenvalue weighted by atomic mass is 10.4. The molecule has 17 heavy (non-hydrogen) atoms. The van der Waals surface area contributed by atoms with E-state index < -0.39 is 0 Å². The number of rotatable bonds is 5. The van der Waals surface area contributed by atoms with Gasteiger partial charge in [-0.25, -0.2) is 9.97 Å². The van der Waals surface area contributed by atoms with Crippen LogP contribution >= 0.6 is 0 Å². The molecule has 0 atom stereocenters. The summed E-state index contributed by atoms with van der Waals surface area (Å²) in [7, 11) is 1.87. The molecule has 0 aromatic carbocycles. The molecule has 0 radical (unpaired) electrons. The molecule has 2 heterocycles. The second-order valence-corrected chi connectivity index (χ2v) is 4.46. The van der Waals surface area contributed by atoms with Crippen LogP contribution in [0.15, 0.2) is 18.9 Å². The number of nitrogens with one attached hydrogen (secondary N) is 1. The van der Waals surface area contributed by atoms with Gasteiger partial charge in [-0.3, -0.25) is 4.68 Å². The predicted octanol–water partition coefficient (Wildman–Crippen LogP) is 0.636. The van der Waals surface area contributed by atoms with Gasteiger partial charge in [-0.15, -0.1) is 0 Å². The summed E-state index contributed by atoms with van der Waals surface area (Å²) >= 11 is 0. The van der Waals surface area contributed by atoms with Gasteiger partial charge in [0.1, 0.15) is 6.33 Å². The fourth-order valence-electron chi connectivity index (χ4n) is 1.92. The molecule has 0 saturated heterocycles. The van der Waals surface area contributed by atoms with Crippen molar-refractivity contribution in [2.24, 2.45) is 7.05 Å². The summed E-state index contributed by atoms with van der Waals surface area (Å²) in [6.45, 7) is 1.51. The summed E-state index contributed by atoms with van der Waals surface area (Å²) in [4.78, 5) is 8.37. The molecule has 1 aliphatic rings. The maximum Gasteiger partial charge on any atom is 0.164 e. The first-order valence-electron chi connectivity index (χ1n) is 5.89. The number of aromatic nitrogens is 5. The minimum Gasteiger partial charge on any atom is -0.330 e. The van der Waals surface area contributed by atoms with Crippen molar-refractivity contribution in [1.82, 2.24) is 29.6 Å². The zero-order valence-corrected chi connectivity index (χ0v) is 9.87. The van der Waals surface area contributed by atoms with E-state index in [0.717, 1.165) is 12.4 Å². The summed E-state index contributed by atoms with van der Waals surface area (Å²) in [5.41, 5.74) is 1.24. The van der Waals surface area contributed by atoms with Crippen LogP contribution < -0.4 is 5.32 Å². The topological polar surface area (TPSA) is 60.6 Å². The minimum atomic E-state index is 0.683. The van der Waals surface area contributed by atoms with E-state index in [1.54, 1.807) is 11.0 Å². The van der Waals surface area contributed by atoms with Crippen LogP contribution in [0.2, 0.25) is 0 Å². The van der Waals surface area contributed by atoms with E-state index >= 15 is 0 Å². The maximum absolute atomic E-state index is 4.22. The normalized spacial score (nSPS) is 15.4. The molecular formula is C11H16N6. The molecule has 0 aliphatic heterocycles. The van der Waals surface area contributed by atoms with Gasteiger partial charge < -0.3 is 9.88 Å². The average molecular weight is 232 g/mol. The third-order valence-corrected chi connectivity index (χ3v) is 2.92. The molecule has 0 amide bonds. The van der Waals surface area contributed by atoms with E-state index in [1.807, 2.05) is 19.6 Å². The maximum atomic E-state index is 4.22. The van der Waals surface area contributed by atoms with E-state index in [-0.39, 0.29) is 0 Å². The van der Waals surface area contributed by atoms with Gasteiger partial charge >= 0.3 is 0 Å². The molecule has 1 saturated carbocycles. The van der Waals surface area contributed by atoms with Crippen molar-refractivity contribution in [3.8, 4) is 0 Å². The van der Waals surface area contributed by atoms with Gasteiger partial charge in [0, 0.05) is 25.8 Å². The van der Waals surface area contributed by atoms with E-state index in [9.17, 15) is 0 Å². The van der Waals surface area contributed by atoms with E-state index in [4.69, 9.17) is 0 Å². The zero-order valence-electron chi connectivity index (χ0n) is 9.87. The highest BCUT2D eigenvalue weighted by Crippen LogP contribution is 2.35. The minimum absolute atomic E-state index is 0.683. The lowest BCUT2D eigenvalue weighted by molar-refractivity contribution is 0.603. The van der Waals surface area contributed by atoms with Crippen LogP contribution in [0, 0.1) is 0 Å². The Hall–Kier alpha value is -1.69. The van der Waals surface area contributed by atoms with Crippen LogP contribution in [0.3, 0.4) is 0 Å². The van der Waals surface area contributed by atoms with Crippen LogP contribution in [0.4, 0.5) is 0 Å². The Kier molecular flexibility index (Phi) is 2.64. The second kappa shape index (κ2) is 4.29. The van der Waals surface area contributed by atoms with Crippen molar-refractivity contribution in [2.45, 2.75) is 32.0 Å². The van der Waals surface area contributed by atoms with Crippen LogP contribution in [-0.2, 0) is 20.1 Å². The van der Waals surface area contributed by atoms with Crippen LogP contribution in [0.25, 0.3) is 0 Å². The smallest absolute Gasteiger partial charge is 0.164 e. The SMILES string of the molecule is Cn1cnc(CNCc2cncn2C2CC2)n1. The monoisotopic (exact) mass is 232 g/mol. The summed E-state index contributed by atoms with van der Waals surface area (Å²) in [6.07, 6.45) is 8.13. The molecule has 2 aromatic rings. The zero-order chi connectivity index (χ0) is 11.7. The molecule has 6 nitrogen and oxygen atoms in total. The van der Waals surface area contributed by atoms with Gasteiger partial charge in [0.25, 0.3) is 0 Å². The second-order valence-electron chi connectivity index (χ2n) is 4.46.